The smallest absolute Gasteiger partial charge is 0.137 e. The Morgan fingerprint density at radius 3 is 1.95 bits per heavy atom. The lowest BCUT2D eigenvalue weighted by Gasteiger charge is -2.30. The quantitative estimate of drug-likeness (QED) is 0.145. The molecular weight excluding hydrogens is 764 g/mol. The number of nitrogens with zero attached hydrogens (tertiary/aromatic N) is 4. The molecule has 0 amide bonds. The van der Waals surface area contributed by atoms with Gasteiger partial charge in [-0.2, -0.15) is 0 Å². The van der Waals surface area contributed by atoms with E-state index in [1.807, 2.05) is 18.3 Å². The molecule has 1 aliphatic rings. The second-order valence-corrected chi connectivity index (χ2v) is 17.2. The number of aryl methyl sites for hydroxylation is 2. The van der Waals surface area contributed by atoms with Crippen LogP contribution in [-0.4, -0.2) is 16.2 Å². The predicted molar refractivity (Wildman–Crippen MR) is 256 cm³/mol. The third kappa shape index (κ3) is 7.05. The van der Waals surface area contributed by atoms with E-state index < -0.39 is 0 Å². The maximum absolute atomic E-state index is 14.5. The number of aromatic nitrogens is 2. The van der Waals surface area contributed by atoms with E-state index in [0.717, 1.165) is 78.6 Å². The van der Waals surface area contributed by atoms with E-state index in [9.17, 15) is 4.39 Å². The third-order valence-corrected chi connectivity index (χ3v) is 12.2. The molecule has 9 aromatic rings. The van der Waals surface area contributed by atoms with Crippen LogP contribution in [-0.2, 0) is 0 Å². The van der Waals surface area contributed by atoms with Gasteiger partial charge in [-0.1, -0.05) is 100.0 Å². The Kier molecular flexibility index (Phi) is 9.87. The van der Waals surface area contributed by atoms with E-state index in [2.05, 4.69) is 183 Å². The molecular formula is C56H49FN4O. The molecule has 2 aromatic heterocycles. The van der Waals surface area contributed by atoms with Crippen molar-refractivity contribution in [3.63, 3.8) is 0 Å². The van der Waals surface area contributed by atoms with Crippen LogP contribution in [0.5, 0.6) is 11.5 Å². The highest BCUT2D eigenvalue weighted by Gasteiger charge is 2.32. The Balaban J connectivity index is 1.10. The van der Waals surface area contributed by atoms with Gasteiger partial charge in [-0.05, 0) is 143 Å². The maximum atomic E-state index is 14.5. The number of pyridine rings is 1. The first-order chi connectivity index (χ1) is 30.1. The van der Waals surface area contributed by atoms with Gasteiger partial charge in [0, 0.05) is 40.5 Å². The molecule has 0 saturated carbocycles. The summed E-state index contributed by atoms with van der Waals surface area (Å²) in [4.78, 5) is 9.67. The molecule has 62 heavy (non-hydrogen) atoms. The predicted octanol–water partition coefficient (Wildman–Crippen LogP) is 15.6. The standard InChI is InChI=1S/C56H49FN4O/c1-35(2)49-30-42(40-12-11-13-43(57)27-40)31-50(36(3)4)56(49)60-34-59(52-16-9-10-17-53(52)60)44-28-41(39-20-18-37(5)19-21-39)29-46(32-44)62-45-22-23-48-47-14-7-8-15-51(47)61(54(48)33-45)55-26-38(6)24-25-58-55/h7-33,35-36H,34H2,1-6H3. The van der Waals surface area contributed by atoms with Gasteiger partial charge >= 0.3 is 0 Å². The minimum atomic E-state index is -0.229. The van der Waals surface area contributed by atoms with E-state index in [0.29, 0.717) is 6.67 Å². The molecule has 5 nitrogen and oxygen atoms in total. The molecule has 0 bridgehead atoms. The molecule has 0 fully saturated rings. The van der Waals surface area contributed by atoms with Gasteiger partial charge in [0.2, 0.25) is 0 Å². The van der Waals surface area contributed by atoms with E-state index >= 15 is 0 Å². The monoisotopic (exact) mass is 812 g/mol. The van der Waals surface area contributed by atoms with Gasteiger partial charge in [0.05, 0.1) is 22.4 Å². The fourth-order valence-electron chi connectivity index (χ4n) is 9.08. The molecule has 10 rings (SSSR count). The highest BCUT2D eigenvalue weighted by Crippen LogP contribution is 2.50. The zero-order chi connectivity index (χ0) is 42.6. The number of hydrogen-bond acceptors (Lipinski definition) is 4. The summed E-state index contributed by atoms with van der Waals surface area (Å²) in [5, 5.41) is 2.31. The number of fused-ring (bicyclic) bond motifs is 4. The van der Waals surface area contributed by atoms with Gasteiger partial charge in [0.15, 0.2) is 0 Å². The summed E-state index contributed by atoms with van der Waals surface area (Å²) in [6.45, 7) is 13.8. The van der Waals surface area contributed by atoms with E-state index in [4.69, 9.17) is 9.72 Å². The van der Waals surface area contributed by atoms with Gasteiger partial charge < -0.3 is 14.5 Å². The Morgan fingerprint density at radius 2 is 1.23 bits per heavy atom. The minimum Gasteiger partial charge on any atom is -0.457 e. The van der Waals surface area contributed by atoms with Crippen LogP contribution in [0.1, 0.15) is 61.8 Å². The first-order valence-corrected chi connectivity index (χ1v) is 21.5. The number of rotatable bonds is 9. The van der Waals surface area contributed by atoms with Crippen molar-refractivity contribution in [2.75, 3.05) is 16.5 Å². The molecule has 0 saturated heterocycles. The summed E-state index contributed by atoms with van der Waals surface area (Å²) in [5.41, 5.74) is 15.6. The minimum absolute atomic E-state index is 0.222. The summed E-state index contributed by atoms with van der Waals surface area (Å²) in [6, 6.07) is 54.5. The number of benzene rings is 7. The zero-order valence-corrected chi connectivity index (χ0v) is 36.0. The summed E-state index contributed by atoms with van der Waals surface area (Å²) < 4.78 is 23.7. The lowest BCUT2D eigenvalue weighted by atomic mass is 9.87. The second-order valence-electron chi connectivity index (χ2n) is 17.2. The normalized spacial score (nSPS) is 12.6. The van der Waals surface area contributed by atoms with Gasteiger partial charge in [0.1, 0.15) is 29.8 Å². The largest absolute Gasteiger partial charge is 0.457 e. The average Bonchev–Trinajstić information content (AvgIpc) is 3.82. The van der Waals surface area contributed by atoms with Crippen LogP contribution in [0.2, 0.25) is 0 Å². The molecule has 7 aromatic carbocycles. The zero-order valence-electron chi connectivity index (χ0n) is 36.0. The summed E-state index contributed by atoms with van der Waals surface area (Å²) in [5.74, 6) is 2.58. The van der Waals surface area contributed by atoms with Crippen molar-refractivity contribution >= 4 is 44.6 Å². The van der Waals surface area contributed by atoms with Crippen LogP contribution < -0.4 is 14.5 Å². The fourth-order valence-corrected chi connectivity index (χ4v) is 9.08. The molecule has 3 heterocycles. The Bertz CT molecular complexity index is 3120. The molecule has 306 valence electrons. The van der Waals surface area contributed by atoms with Gasteiger partial charge in [-0.3, -0.25) is 4.57 Å². The van der Waals surface area contributed by atoms with Crippen LogP contribution in [0, 0.1) is 19.7 Å². The molecule has 0 aliphatic carbocycles. The maximum Gasteiger partial charge on any atom is 0.137 e. The first kappa shape index (κ1) is 39.0. The SMILES string of the molecule is Cc1ccc(-c2cc(Oc3ccc4c5ccccc5n(-c5cc(C)ccn5)c4c3)cc(N3CN(c4c(C(C)C)cc(-c5cccc(F)c5)cc4C(C)C)c4ccccc43)c2)cc1. The lowest BCUT2D eigenvalue weighted by Crippen LogP contribution is -2.26. The van der Waals surface area contributed by atoms with Crippen molar-refractivity contribution in [3.05, 3.63) is 192 Å². The van der Waals surface area contributed by atoms with Crippen LogP contribution >= 0.6 is 0 Å². The van der Waals surface area contributed by atoms with Crippen LogP contribution in [0.15, 0.2) is 164 Å². The van der Waals surface area contributed by atoms with Crippen LogP contribution in [0.3, 0.4) is 0 Å². The fraction of sp³-hybridized carbons (Fsp3) is 0.161. The van der Waals surface area contributed by atoms with Gasteiger partial charge in [0.25, 0.3) is 0 Å². The highest BCUT2D eigenvalue weighted by molar-refractivity contribution is 6.09. The third-order valence-electron chi connectivity index (χ3n) is 12.2. The molecule has 0 unspecified atom stereocenters. The van der Waals surface area contributed by atoms with Crippen molar-refractivity contribution in [1.29, 1.82) is 0 Å². The van der Waals surface area contributed by atoms with Crippen molar-refractivity contribution in [3.8, 4) is 39.6 Å². The highest BCUT2D eigenvalue weighted by atomic mass is 19.1. The van der Waals surface area contributed by atoms with Crippen molar-refractivity contribution < 1.29 is 9.13 Å². The molecule has 0 N–H and O–H groups in total. The number of anilines is 4. The Hall–Kier alpha value is -7.18. The van der Waals surface area contributed by atoms with E-state index in [1.54, 1.807) is 12.1 Å². The molecule has 0 radical (unpaired) electrons. The van der Waals surface area contributed by atoms with Gasteiger partial charge in [-0.25, -0.2) is 9.37 Å². The van der Waals surface area contributed by atoms with Crippen LogP contribution in [0.4, 0.5) is 27.1 Å². The van der Waals surface area contributed by atoms with Crippen molar-refractivity contribution in [1.82, 2.24) is 9.55 Å². The van der Waals surface area contributed by atoms with Crippen LogP contribution in [0.25, 0.3) is 49.9 Å². The number of halogens is 1. The first-order valence-electron chi connectivity index (χ1n) is 21.5. The van der Waals surface area contributed by atoms with Crippen molar-refractivity contribution in [2.45, 2.75) is 53.4 Å². The Morgan fingerprint density at radius 1 is 0.532 bits per heavy atom. The van der Waals surface area contributed by atoms with E-state index in [-0.39, 0.29) is 17.7 Å². The molecule has 1 aliphatic heterocycles. The summed E-state index contributed by atoms with van der Waals surface area (Å²) in [7, 11) is 0. The van der Waals surface area contributed by atoms with Gasteiger partial charge in [-0.15, -0.1) is 0 Å². The molecule has 0 spiro atoms. The average molecular weight is 813 g/mol. The topological polar surface area (TPSA) is 33.5 Å². The molecule has 0 atom stereocenters. The summed E-state index contributed by atoms with van der Waals surface area (Å²) >= 11 is 0. The van der Waals surface area contributed by atoms with Crippen molar-refractivity contribution in [2.24, 2.45) is 0 Å². The number of para-hydroxylation sites is 3. The second kappa shape index (κ2) is 15.7. The lowest BCUT2D eigenvalue weighted by molar-refractivity contribution is 0.483. The molecule has 6 heteroatoms. The number of ether oxygens (including phenoxy) is 1. The Labute approximate surface area is 363 Å². The number of hydrogen-bond donors (Lipinski definition) is 0. The summed E-state index contributed by atoms with van der Waals surface area (Å²) in [6.07, 6.45) is 1.87. The van der Waals surface area contributed by atoms with E-state index in [1.165, 1.54) is 33.8 Å².